The molecule has 0 aliphatic carbocycles. The summed E-state index contributed by atoms with van der Waals surface area (Å²) in [7, 11) is 3.81. The monoisotopic (exact) mass is 245 g/mol. The molecule has 1 aliphatic heterocycles. The van der Waals surface area contributed by atoms with E-state index in [9.17, 15) is 0 Å². The Morgan fingerprint density at radius 3 is 2.83 bits per heavy atom. The summed E-state index contributed by atoms with van der Waals surface area (Å²) in [6, 6.07) is 6.05. The maximum absolute atomic E-state index is 5.44. The van der Waals surface area contributed by atoms with Gasteiger partial charge in [-0.05, 0) is 38.1 Å². The van der Waals surface area contributed by atoms with Crippen molar-refractivity contribution in [3.63, 3.8) is 0 Å². The van der Waals surface area contributed by atoms with Gasteiger partial charge in [0, 0.05) is 13.0 Å². The molecule has 2 heterocycles. The van der Waals surface area contributed by atoms with E-state index in [4.69, 9.17) is 9.72 Å². The van der Waals surface area contributed by atoms with Crippen LogP contribution in [0.3, 0.4) is 0 Å². The number of fused-ring (bicyclic) bond motifs is 1. The molecule has 18 heavy (non-hydrogen) atoms. The molecule has 0 radical (unpaired) electrons. The van der Waals surface area contributed by atoms with Gasteiger partial charge in [-0.25, -0.2) is 4.98 Å². The van der Waals surface area contributed by atoms with Gasteiger partial charge >= 0.3 is 0 Å². The van der Waals surface area contributed by atoms with Crippen LogP contribution in [0.25, 0.3) is 11.0 Å². The Morgan fingerprint density at radius 2 is 2.11 bits per heavy atom. The number of rotatable bonds is 2. The minimum atomic E-state index is 0.563. The Hall–Kier alpha value is -1.55. The topological polar surface area (TPSA) is 39.1 Å². The molecule has 0 bridgehead atoms. The molecule has 4 nitrogen and oxygen atoms in total. The number of piperidine rings is 1. The number of para-hydroxylation sites is 1. The summed E-state index contributed by atoms with van der Waals surface area (Å²) in [6.45, 7) is 2.18. The summed E-state index contributed by atoms with van der Waals surface area (Å²) >= 11 is 0. The number of methoxy groups -OCH3 is 1. The zero-order chi connectivity index (χ0) is 12.5. The minimum Gasteiger partial charge on any atom is -0.494 e. The number of benzene rings is 1. The molecule has 1 aromatic carbocycles. The SMILES string of the molecule is COc1cccc2nc(C3CCNCC3)n(C)c12. The van der Waals surface area contributed by atoms with Crippen LogP contribution in [-0.4, -0.2) is 29.8 Å². The van der Waals surface area contributed by atoms with Gasteiger partial charge in [0.15, 0.2) is 0 Å². The van der Waals surface area contributed by atoms with Crippen LogP contribution in [0.5, 0.6) is 5.75 Å². The quantitative estimate of drug-likeness (QED) is 0.880. The Balaban J connectivity index is 2.10. The summed E-state index contributed by atoms with van der Waals surface area (Å²) in [5.74, 6) is 2.66. The van der Waals surface area contributed by atoms with Gasteiger partial charge in [-0.1, -0.05) is 6.07 Å². The highest BCUT2D eigenvalue weighted by Gasteiger charge is 2.21. The number of nitrogens with one attached hydrogen (secondary N) is 1. The molecule has 0 saturated carbocycles. The maximum Gasteiger partial charge on any atom is 0.144 e. The summed E-state index contributed by atoms with van der Waals surface area (Å²) in [5, 5.41) is 3.40. The standard InChI is InChI=1S/C14H19N3O/c1-17-13-11(4-3-5-12(13)18-2)16-14(17)10-6-8-15-9-7-10/h3-5,10,15H,6-9H2,1-2H3. The van der Waals surface area contributed by atoms with Gasteiger partial charge in [0.2, 0.25) is 0 Å². The fraction of sp³-hybridized carbons (Fsp3) is 0.500. The van der Waals surface area contributed by atoms with Gasteiger partial charge in [0.05, 0.1) is 12.6 Å². The normalized spacial score (nSPS) is 17.2. The third-order valence-corrected chi connectivity index (χ3v) is 3.82. The molecule has 1 aromatic heterocycles. The van der Waals surface area contributed by atoms with Crippen molar-refractivity contribution in [2.75, 3.05) is 20.2 Å². The predicted molar refractivity (Wildman–Crippen MR) is 72.1 cm³/mol. The lowest BCUT2D eigenvalue weighted by atomic mass is 9.97. The summed E-state index contributed by atoms with van der Waals surface area (Å²) in [6.07, 6.45) is 2.33. The minimum absolute atomic E-state index is 0.563. The van der Waals surface area contributed by atoms with E-state index in [-0.39, 0.29) is 0 Å². The van der Waals surface area contributed by atoms with Crippen molar-refractivity contribution < 1.29 is 4.74 Å². The Bertz CT molecular complexity index is 555. The van der Waals surface area contributed by atoms with Gasteiger partial charge in [0.1, 0.15) is 17.1 Å². The van der Waals surface area contributed by atoms with Crippen LogP contribution < -0.4 is 10.1 Å². The highest BCUT2D eigenvalue weighted by Crippen LogP contribution is 2.31. The maximum atomic E-state index is 5.44. The number of nitrogens with zero attached hydrogens (tertiary/aromatic N) is 2. The second-order valence-corrected chi connectivity index (χ2v) is 4.88. The van der Waals surface area contributed by atoms with Gasteiger partial charge in [0.25, 0.3) is 0 Å². The van der Waals surface area contributed by atoms with Crippen LogP contribution in [0.2, 0.25) is 0 Å². The molecule has 1 fully saturated rings. The molecule has 96 valence electrons. The molecule has 1 aliphatic rings. The van der Waals surface area contributed by atoms with E-state index in [1.54, 1.807) is 7.11 Å². The first kappa shape index (κ1) is 11.5. The number of aromatic nitrogens is 2. The first-order chi connectivity index (χ1) is 8.81. The Labute approximate surface area is 107 Å². The van der Waals surface area contributed by atoms with Crippen molar-refractivity contribution >= 4 is 11.0 Å². The van der Waals surface area contributed by atoms with E-state index >= 15 is 0 Å². The van der Waals surface area contributed by atoms with Crippen LogP contribution in [0.1, 0.15) is 24.6 Å². The molecule has 1 N–H and O–H groups in total. The van der Waals surface area contributed by atoms with E-state index in [2.05, 4.69) is 23.0 Å². The van der Waals surface area contributed by atoms with E-state index < -0.39 is 0 Å². The van der Waals surface area contributed by atoms with Crippen LogP contribution in [-0.2, 0) is 7.05 Å². The van der Waals surface area contributed by atoms with Crippen LogP contribution >= 0.6 is 0 Å². The third-order valence-electron chi connectivity index (χ3n) is 3.82. The van der Waals surface area contributed by atoms with Gasteiger partial charge in [-0.15, -0.1) is 0 Å². The molecule has 2 aromatic rings. The summed E-state index contributed by atoms with van der Waals surface area (Å²) in [4.78, 5) is 4.80. The van der Waals surface area contributed by atoms with Crippen LogP contribution in [0.15, 0.2) is 18.2 Å². The lowest BCUT2D eigenvalue weighted by Gasteiger charge is -2.22. The highest BCUT2D eigenvalue weighted by molar-refractivity contribution is 5.82. The fourth-order valence-electron chi connectivity index (χ4n) is 2.86. The number of ether oxygens (including phenoxy) is 1. The molecule has 0 atom stereocenters. The molecule has 1 saturated heterocycles. The van der Waals surface area contributed by atoms with Crippen molar-refractivity contribution in [3.8, 4) is 5.75 Å². The second-order valence-electron chi connectivity index (χ2n) is 4.88. The Kier molecular flexibility index (Phi) is 2.96. The number of aryl methyl sites for hydroxylation is 1. The van der Waals surface area contributed by atoms with Crippen molar-refractivity contribution in [1.29, 1.82) is 0 Å². The van der Waals surface area contributed by atoms with Gasteiger partial charge in [-0.3, -0.25) is 0 Å². The smallest absolute Gasteiger partial charge is 0.144 e. The average molecular weight is 245 g/mol. The van der Waals surface area contributed by atoms with E-state index in [1.165, 1.54) is 18.7 Å². The molecule has 4 heteroatoms. The lowest BCUT2D eigenvalue weighted by Crippen LogP contribution is -2.27. The van der Waals surface area contributed by atoms with Crippen LogP contribution in [0.4, 0.5) is 0 Å². The van der Waals surface area contributed by atoms with Crippen molar-refractivity contribution in [2.45, 2.75) is 18.8 Å². The first-order valence-electron chi connectivity index (χ1n) is 6.51. The van der Waals surface area contributed by atoms with E-state index in [0.717, 1.165) is 29.9 Å². The summed E-state index contributed by atoms with van der Waals surface area (Å²) < 4.78 is 7.63. The largest absolute Gasteiger partial charge is 0.494 e. The zero-order valence-electron chi connectivity index (χ0n) is 10.9. The lowest BCUT2D eigenvalue weighted by molar-refractivity contribution is 0.416. The number of hydrogen-bond acceptors (Lipinski definition) is 3. The van der Waals surface area contributed by atoms with Crippen molar-refractivity contribution in [3.05, 3.63) is 24.0 Å². The molecular formula is C14H19N3O. The molecule has 0 unspecified atom stereocenters. The van der Waals surface area contributed by atoms with E-state index in [0.29, 0.717) is 5.92 Å². The first-order valence-corrected chi connectivity index (χ1v) is 6.51. The zero-order valence-corrected chi connectivity index (χ0v) is 10.9. The number of imidazole rings is 1. The third kappa shape index (κ3) is 1.77. The number of hydrogen-bond donors (Lipinski definition) is 1. The van der Waals surface area contributed by atoms with Crippen molar-refractivity contribution in [1.82, 2.24) is 14.9 Å². The molecule has 0 spiro atoms. The van der Waals surface area contributed by atoms with Gasteiger partial charge < -0.3 is 14.6 Å². The molecule has 0 amide bonds. The average Bonchev–Trinajstić information content (AvgIpc) is 2.77. The van der Waals surface area contributed by atoms with E-state index in [1.807, 2.05) is 12.1 Å². The highest BCUT2D eigenvalue weighted by atomic mass is 16.5. The second kappa shape index (κ2) is 4.61. The Morgan fingerprint density at radius 1 is 1.33 bits per heavy atom. The van der Waals surface area contributed by atoms with Crippen molar-refractivity contribution in [2.24, 2.45) is 7.05 Å². The van der Waals surface area contributed by atoms with Crippen LogP contribution in [0, 0.1) is 0 Å². The summed E-state index contributed by atoms with van der Waals surface area (Å²) in [5.41, 5.74) is 2.14. The molecule has 3 rings (SSSR count). The molecular weight excluding hydrogens is 226 g/mol. The fourth-order valence-corrected chi connectivity index (χ4v) is 2.86. The predicted octanol–water partition coefficient (Wildman–Crippen LogP) is 2.05. The van der Waals surface area contributed by atoms with Gasteiger partial charge in [-0.2, -0.15) is 0 Å².